The number of rotatable bonds is 5. The third-order valence-corrected chi connectivity index (χ3v) is 6.78. The highest BCUT2D eigenvalue weighted by atomic mass is 19.1. The summed E-state index contributed by atoms with van der Waals surface area (Å²) in [5.41, 5.74) is 4.83. The topological polar surface area (TPSA) is 75.4 Å². The molecule has 0 bridgehead atoms. The Kier molecular flexibility index (Phi) is 7.63. The molecule has 1 unspecified atom stereocenters. The van der Waals surface area contributed by atoms with E-state index < -0.39 is 0 Å². The van der Waals surface area contributed by atoms with Gasteiger partial charge >= 0.3 is 0 Å². The number of aryl methyl sites for hydroxylation is 1. The van der Waals surface area contributed by atoms with E-state index in [9.17, 15) is 9.18 Å². The fourth-order valence-corrected chi connectivity index (χ4v) is 4.98. The van der Waals surface area contributed by atoms with Crippen molar-refractivity contribution < 1.29 is 10.6 Å². The number of carbonyl (C=O) groups is 1. The van der Waals surface area contributed by atoms with Gasteiger partial charge in [0.15, 0.2) is 5.65 Å². The average molecular weight is 525 g/mol. The van der Waals surface area contributed by atoms with E-state index in [0.29, 0.717) is 18.7 Å². The molecule has 1 saturated heterocycles. The molecule has 0 spiro atoms. The van der Waals surface area contributed by atoms with Crippen molar-refractivity contribution in [2.75, 3.05) is 11.4 Å². The van der Waals surface area contributed by atoms with Crippen molar-refractivity contribution in [3.8, 4) is 11.1 Å². The molecule has 1 aliphatic rings. The molecule has 3 aromatic heterocycles. The third kappa shape index (κ3) is 5.50. The summed E-state index contributed by atoms with van der Waals surface area (Å²) in [6.45, 7) is 6.47. The molecule has 8 heteroatoms. The second kappa shape index (κ2) is 11.4. The van der Waals surface area contributed by atoms with Gasteiger partial charge in [0.1, 0.15) is 17.3 Å². The van der Waals surface area contributed by atoms with Crippen LogP contribution in [0.25, 0.3) is 16.8 Å². The quantitative estimate of drug-likeness (QED) is 0.294. The molecule has 39 heavy (non-hydrogen) atoms. The number of hydrogen-bond acceptors (Lipinski definition) is 5. The Balaban J connectivity index is 0.00000121. The van der Waals surface area contributed by atoms with E-state index in [-0.39, 0.29) is 25.2 Å². The molecule has 0 aliphatic carbocycles. The highest BCUT2D eigenvalue weighted by molar-refractivity contribution is 5.93. The molecular weight excluding hydrogens is 491 g/mol. The second-order valence-corrected chi connectivity index (χ2v) is 9.29. The Morgan fingerprint density at radius 3 is 2.59 bits per heavy atom. The van der Waals surface area contributed by atoms with E-state index in [1.165, 1.54) is 6.07 Å². The smallest absolute Gasteiger partial charge is 0.270 e. The first-order chi connectivity index (χ1) is 19.0. The first-order valence-corrected chi connectivity index (χ1v) is 13.2. The van der Waals surface area contributed by atoms with Gasteiger partial charge in [0.2, 0.25) is 0 Å². The Hall–Kier alpha value is -4.59. The standard InChI is InChI=1S/C29H25FN6O.C2H6.H2/c1-19-17-32-27-10-11-28(34-36(19)27)35-18-24(16-26(35)22-8-5-9-23(30)14-22)33-29(37)25-15-21(12-13-31-25)20-6-3-2-4-7-20;1-2;/h2-15,17,24,26H,16,18H2,1H3,(H,33,37);1-2H3;1H/t24?,26-;;/m1../s1. The number of imidazole rings is 1. The van der Waals surface area contributed by atoms with Crippen LogP contribution in [0.15, 0.2) is 91.3 Å². The molecule has 6 rings (SSSR count). The van der Waals surface area contributed by atoms with E-state index in [1.807, 2.05) is 75.4 Å². The first-order valence-electron chi connectivity index (χ1n) is 13.2. The molecule has 2 aromatic carbocycles. The zero-order valence-electron chi connectivity index (χ0n) is 22.3. The number of carbonyl (C=O) groups excluding carboxylic acids is 1. The van der Waals surface area contributed by atoms with Crippen molar-refractivity contribution in [2.45, 2.75) is 39.3 Å². The van der Waals surface area contributed by atoms with Crippen LogP contribution in [0.3, 0.4) is 0 Å². The van der Waals surface area contributed by atoms with Crippen LogP contribution in [0.4, 0.5) is 10.2 Å². The summed E-state index contributed by atoms with van der Waals surface area (Å²) in [7, 11) is 0. The van der Waals surface area contributed by atoms with Gasteiger partial charge in [-0.1, -0.05) is 56.3 Å². The molecule has 5 aromatic rings. The summed E-state index contributed by atoms with van der Waals surface area (Å²) in [5, 5.41) is 7.94. The van der Waals surface area contributed by atoms with E-state index in [0.717, 1.165) is 33.8 Å². The van der Waals surface area contributed by atoms with Gasteiger partial charge in [0, 0.05) is 20.2 Å². The molecule has 0 saturated carbocycles. The van der Waals surface area contributed by atoms with E-state index in [1.54, 1.807) is 35.1 Å². The van der Waals surface area contributed by atoms with Crippen molar-refractivity contribution in [3.63, 3.8) is 0 Å². The predicted molar refractivity (Wildman–Crippen MR) is 153 cm³/mol. The lowest BCUT2D eigenvalue weighted by Gasteiger charge is -2.26. The van der Waals surface area contributed by atoms with Crippen molar-refractivity contribution in [1.82, 2.24) is 24.9 Å². The fourth-order valence-electron chi connectivity index (χ4n) is 4.98. The first kappa shape index (κ1) is 26.0. The molecule has 2 atom stereocenters. The maximum absolute atomic E-state index is 14.2. The summed E-state index contributed by atoms with van der Waals surface area (Å²) >= 11 is 0. The minimum atomic E-state index is -0.291. The summed E-state index contributed by atoms with van der Waals surface area (Å²) in [6.07, 6.45) is 4.04. The fraction of sp³-hybridized carbons (Fsp3) is 0.226. The van der Waals surface area contributed by atoms with Gasteiger partial charge in [0.25, 0.3) is 5.91 Å². The lowest BCUT2D eigenvalue weighted by atomic mass is 10.0. The summed E-state index contributed by atoms with van der Waals surface area (Å²) in [5.74, 6) is 0.209. The number of benzene rings is 2. The largest absolute Gasteiger partial charge is 0.346 e. The van der Waals surface area contributed by atoms with Crippen molar-refractivity contribution >= 4 is 17.4 Å². The van der Waals surface area contributed by atoms with Crippen LogP contribution in [0.1, 0.15) is 49.5 Å². The molecular formula is C31H33FN6O. The SMILES string of the molecule is CC.Cc1cnc2ccc(N3CC(NC(=O)c4cc(-c5ccccc5)ccn4)C[C@@H]3c3cccc(F)c3)nn12.[HH]. The van der Waals surface area contributed by atoms with Crippen LogP contribution in [0, 0.1) is 12.7 Å². The highest BCUT2D eigenvalue weighted by Gasteiger charge is 2.35. The van der Waals surface area contributed by atoms with Gasteiger partial charge in [0.05, 0.1) is 17.9 Å². The minimum absolute atomic E-state index is 0. The van der Waals surface area contributed by atoms with E-state index in [2.05, 4.69) is 20.2 Å². The van der Waals surface area contributed by atoms with Crippen LogP contribution in [0.2, 0.25) is 0 Å². The number of hydrogen-bond donors (Lipinski definition) is 1. The number of amides is 1. The molecule has 0 radical (unpaired) electrons. The zero-order chi connectivity index (χ0) is 27.4. The lowest BCUT2D eigenvalue weighted by molar-refractivity contribution is 0.0935. The third-order valence-electron chi connectivity index (χ3n) is 6.78. The van der Waals surface area contributed by atoms with Crippen molar-refractivity contribution in [1.29, 1.82) is 0 Å². The van der Waals surface area contributed by atoms with E-state index in [4.69, 9.17) is 5.10 Å². The van der Waals surface area contributed by atoms with Crippen LogP contribution in [-0.4, -0.2) is 38.1 Å². The highest BCUT2D eigenvalue weighted by Crippen LogP contribution is 2.36. The Bertz CT molecular complexity index is 1590. The number of aromatic nitrogens is 4. The van der Waals surface area contributed by atoms with Crippen LogP contribution in [-0.2, 0) is 0 Å². The normalized spacial score (nSPS) is 16.6. The second-order valence-electron chi connectivity index (χ2n) is 9.29. The summed E-state index contributed by atoms with van der Waals surface area (Å²) in [6, 6.07) is 23.7. The Morgan fingerprint density at radius 2 is 1.79 bits per heavy atom. The van der Waals surface area contributed by atoms with Gasteiger partial charge < -0.3 is 10.2 Å². The van der Waals surface area contributed by atoms with Crippen LogP contribution >= 0.6 is 0 Å². The van der Waals surface area contributed by atoms with Gasteiger partial charge in [-0.15, -0.1) is 5.10 Å². The zero-order valence-corrected chi connectivity index (χ0v) is 22.3. The van der Waals surface area contributed by atoms with Gasteiger partial charge in [-0.2, -0.15) is 0 Å². The maximum atomic E-state index is 14.2. The summed E-state index contributed by atoms with van der Waals surface area (Å²) in [4.78, 5) is 24.0. The molecule has 1 N–H and O–H groups in total. The predicted octanol–water partition coefficient (Wildman–Crippen LogP) is 6.26. The van der Waals surface area contributed by atoms with Gasteiger partial charge in [-0.05, 0) is 66.4 Å². The number of nitrogens with one attached hydrogen (secondary N) is 1. The molecule has 1 aliphatic heterocycles. The molecule has 1 amide bonds. The average Bonchev–Trinajstić information content (AvgIpc) is 3.58. The number of nitrogens with zero attached hydrogens (tertiary/aromatic N) is 5. The van der Waals surface area contributed by atoms with Crippen molar-refractivity contribution in [3.05, 3.63) is 114 Å². The van der Waals surface area contributed by atoms with Crippen LogP contribution in [0.5, 0.6) is 0 Å². The number of anilines is 1. The van der Waals surface area contributed by atoms with E-state index >= 15 is 0 Å². The Labute approximate surface area is 228 Å². The number of halogens is 1. The molecule has 200 valence electrons. The molecule has 4 heterocycles. The molecule has 7 nitrogen and oxygen atoms in total. The van der Waals surface area contributed by atoms with Crippen molar-refractivity contribution in [2.24, 2.45) is 0 Å². The molecule has 1 fully saturated rings. The Morgan fingerprint density at radius 1 is 0.974 bits per heavy atom. The summed E-state index contributed by atoms with van der Waals surface area (Å²) < 4.78 is 15.9. The van der Waals surface area contributed by atoms with Gasteiger partial charge in [-0.3, -0.25) is 9.78 Å². The minimum Gasteiger partial charge on any atom is -0.346 e. The number of pyridine rings is 1. The maximum Gasteiger partial charge on any atom is 0.270 e. The lowest BCUT2D eigenvalue weighted by Crippen LogP contribution is -2.37. The number of fused-ring (bicyclic) bond motifs is 1. The van der Waals surface area contributed by atoms with Crippen LogP contribution < -0.4 is 10.2 Å². The van der Waals surface area contributed by atoms with Gasteiger partial charge in [-0.25, -0.2) is 13.9 Å². The monoisotopic (exact) mass is 524 g/mol.